The molecule has 82 valence electrons. The summed E-state index contributed by atoms with van der Waals surface area (Å²) in [6.07, 6.45) is 0. The van der Waals surface area contributed by atoms with Crippen LogP contribution in [0, 0.1) is 0 Å². The third-order valence-corrected chi connectivity index (χ3v) is 2.79. The number of carbonyl (C=O) groups is 1. The predicted octanol–water partition coefficient (Wildman–Crippen LogP) is 0.0639. The normalized spacial score (nSPS) is 11.1. The summed E-state index contributed by atoms with van der Waals surface area (Å²) in [6, 6.07) is 5.21. The number of hydrogen-bond donors (Lipinski definition) is 3. The number of nitrogens with two attached hydrogens (primary N) is 2. The van der Waals surface area contributed by atoms with E-state index in [0.717, 1.165) is 5.01 Å². The molecule has 0 atom stereocenters. The van der Waals surface area contributed by atoms with Gasteiger partial charge in [-0.15, -0.1) is 0 Å². The number of nitrogens with zero attached hydrogens (tertiary/aromatic N) is 1. The fraction of sp³-hybridized carbons (Fsp3) is 0. The summed E-state index contributed by atoms with van der Waals surface area (Å²) in [5.41, 5.74) is 0.322. The van der Waals surface area contributed by atoms with Gasteiger partial charge in [-0.1, -0.05) is 12.6 Å². The molecule has 0 spiro atoms. The van der Waals surface area contributed by atoms with Crippen molar-refractivity contribution in [3.63, 3.8) is 0 Å². The molecule has 8 heteroatoms. The van der Waals surface area contributed by atoms with Gasteiger partial charge in [-0.05, 0) is 24.3 Å². The lowest BCUT2D eigenvalue weighted by molar-refractivity contribution is 0.265. The first-order chi connectivity index (χ1) is 6.82. The number of sulfonamides is 1. The third-order valence-electron chi connectivity index (χ3n) is 1.65. The van der Waals surface area contributed by atoms with E-state index < -0.39 is 15.3 Å². The van der Waals surface area contributed by atoms with Crippen LogP contribution >= 0.6 is 12.6 Å². The second kappa shape index (κ2) is 4.19. The average molecular weight is 247 g/mol. The van der Waals surface area contributed by atoms with Crippen molar-refractivity contribution in [3.05, 3.63) is 24.3 Å². The Morgan fingerprint density at radius 3 is 2.07 bits per heavy atom. The fourth-order valence-corrected chi connectivity index (χ4v) is 1.54. The number of carbonyl (C=O) groups excluding carboxylic acids is 1. The summed E-state index contributed by atoms with van der Waals surface area (Å²) in [5.74, 6) is 5.32. The zero-order chi connectivity index (χ0) is 11.6. The molecular weight excluding hydrogens is 238 g/mol. The van der Waals surface area contributed by atoms with Crippen molar-refractivity contribution < 1.29 is 13.2 Å². The molecule has 0 saturated carbocycles. The highest BCUT2D eigenvalue weighted by molar-refractivity contribution is 7.96. The van der Waals surface area contributed by atoms with Crippen LogP contribution in [0.4, 0.5) is 10.5 Å². The van der Waals surface area contributed by atoms with E-state index in [4.69, 9.17) is 11.0 Å². The van der Waals surface area contributed by atoms with Crippen LogP contribution in [0.25, 0.3) is 0 Å². The summed E-state index contributed by atoms with van der Waals surface area (Å²) in [6.45, 7) is 0. The van der Waals surface area contributed by atoms with E-state index in [1.165, 1.54) is 24.3 Å². The summed E-state index contributed by atoms with van der Waals surface area (Å²) in [7, 11) is -3.73. The maximum atomic E-state index is 10.9. The first-order valence-electron chi connectivity index (χ1n) is 3.73. The van der Waals surface area contributed by atoms with E-state index in [9.17, 15) is 13.2 Å². The number of amides is 1. The van der Waals surface area contributed by atoms with Crippen molar-refractivity contribution >= 4 is 33.6 Å². The van der Waals surface area contributed by atoms with Gasteiger partial charge in [-0.3, -0.25) is 4.79 Å². The number of rotatable bonds is 2. The number of hydrogen-bond acceptors (Lipinski definition) is 4. The highest BCUT2D eigenvalue weighted by atomic mass is 32.2. The Balaban J connectivity index is 3.06. The second-order valence-electron chi connectivity index (χ2n) is 2.69. The maximum Gasteiger partial charge on any atom is 0.297 e. The van der Waals surface area contributed by atoms with Crippen molar-refractivity contribution in [3.8, 4) is 0 Å². The molecule has 0 saturated heterocycles. The maximum absolute atomic E-state index is 10.9. The lowest BCUT2D eigenvalue weighted by atomic mass is 10.3. The van der Waals surface area contributed by atoms with E-state index in [1.807, 2.05) is 0 Å². The molecule has 0 heterocycles. The van der Waals surface area contributed by atoms with E-state index in [2.05, 4.69) is 12.6 Å². The number of hydrazine groups is 1. The lowest BCUT2D eigenvalue weighted by Gasteiger charge is -2.13. The van der Waals surface area contributed by atoms with Crippen LogP contribution in [0.15, 0.2) is 29.2 Å². The molecule has 6 nitrogen and oxygen atoms in total. The number of thiol groups is 1. The Hall–Kier alpha value is -1.09. The Labute approximate surface area is 92.3 Å². The number of benzene rings is 1. The Morgan fingerprint density at radius 1 is 1.27 bits per heavy atom. The quantitative estimate of drug-likeness (QED) is 0.297. The van der Waals surface area contributed by atoms with Gasteiger partial charge in [0, 0.05) is 0 Å². The smallest absolute Gasteiger partial charge is 0.260 e. The second-order valence-corrected chi connectivity index (χ2v) is 4.64. The highest BCUT2D eigenvalue weighted by Crippen LogP contribution is 2.15. The summed E-state index contributed by atoms with van der Waals surface area (Å²) in [4.78, 5) is 10.7. The molecule has 0 fully saturated rings. The molecular formula is C7H9N3O3S2. The SMILES string of the molecule is NN(C(=O)S)c1ccc(S(N)(=O)=O)cc1. The molecule has 0 aromatic heterocycles. The zero-order valence-corrected chi connectivity index (χ0v) is 9.20. The molecule has 1 aromatic rings. The van der Waals surface area contributed by atoms with E-state index in [-0.39, 0.29) is 4.90 Å². The van der Waals surface area contributed by atoms with E-state index >= 15 is 0 Å². The van der Waals surface area contributed by atoms with Crippen LogP contribution < -0.4 is 16.0 Å². The monoisotopic (exact) mass is 247 g/mol. The van der Waals surface area contributed by atoms with Gasteiger partial charge in [0.25, 0.3) is 5.24 Å². The van der Waals surface area contributed by atoms with Gasteiger partial charge in [0.2, 0.25) is 10.0 Å². The van der Waals surface area contributed by atoms with Crippen LogP contribution in [0.1, 0.15) is 0 Å². The molecule has 4 N–H and O–H groups in total. The van der Waals surface area contributed by atoms with Gasteiger partial charge in [0.15, 0.2) is 0 Å². The van der Waals surface area contributed by atoms with Gasteiger partial charge in [0.1, 0.15) is 0 Å². The van der Waals surface area contributed by atoms with Crippen LogP contribution in [-0.2, 0) is 10.0 Å². The molecule has 0 bridgehead atoms. The van der Waals surface area contributed by atoms with Crippen LogP contribution in [0.3, 0.4) is 0 Å². The van der Waals surface area contributed by atoms with Gasteiger partial charge in [-0.25, -0.2) is 24.4 Å². The van der Waals surface area contributed by atoms with Crippen molar-refractivity contribution in [2.24, 2.45) is 11.0 Å². The van der Waals surface area contributed by atoms with Crippen LogP contribution in [-0.4, -0.2) is 13.7 Å². The Morgan fingerprint density at radius 2 is 1.73 bits per heavy atom. The summed E-state index contributed by atoms with van der Waals surface area (Å²) >= 11 is 3.51. The first kappa shape index (κ1) is 12.0. The molecule has 0 unspecified atom stereocenters. The van der Waals surface area contributed by atoms with E-state index in [1.54, 1.807) is 0 Å². The fourth-order valence-electron chi connectivity index (χ4n) is 0.907. The third kappa shape index (κ3) is 2.93. The molecule has 0 aliphatic rings. The van der Waals surface area contributed by atoms with Gasteiger partial charge in [-0.2, -0.15) is 0 Å². The Kier molecular flexibility index (Phi) is 3.35. The van der Waals surface area contributed by atoms with E-state index in [0.29, 0.717) is 5.69 Å². The molecule has 1 aromatic carbocycles. The lowest BCUT2D eigenvalue weighted by Crippen LogP contribution is -2.33. The van der Waals surface area contributed by atoms with Crippen LogP contribution in [0.2, 0.25) is 0 Å². The number of primary sulfonamides is 1. The summed E-state index contributed by atoms with van der Waals surface area (Å²) in [5, 5.41) is 5.01. The topological polar surface area (TPSA) is 106 Å². The molecule has 0 aliphatic carbocycles. The first-order valence-corrected chi connectivity index (χ1v) is 5.72. The minimum Gasteiger partial charge on any atom is -0.260 e. The minimum atomic E-state index is -3.73. The molecule has 0 aliphatic heterocycles. The van der Waals surface area contributed by atoms with Crippen molar-refractivity contribution in [1.29, 1.82) is 0 Å². The van der Waals surface area contributed by atoms with Crippen LogP contribution in [0.5, 0.6) is 0 Å². The number of anilines is 1. The molecule has 0 radical (unpaired) electrons. The van der Waals surface area contributed by atoms with Gasteiger partial charge < -0.3 is 0 Å². The van der Waals surface area contributed by atoms with Crippen molar-refractivity contribution in [1.82, 2.24) is 0 Å². The van der Waals surface area contributed by atoms with Crippen molar-refractivity contribution in [2.45, 2.75) is 4.90 Å². The van der Waals surface area contributed by atoms with Crippen molar-refractivity contribution in [2.75, 3.05) is 5.01 Å². The standard InChI is InChI=1S/C7H9N3O3S2/c8-10(7(11)14)5-1-3-6(4-2-5)15(9,12)13/h1-4H,8H2,(H,11,14)(H2,9,12,13). The van der Waals surface area contributed by atoms with Gasteiger partial charge in [0.05, 0.1) is 10.6 Å². The molecule has 1 amide bonds. The molecule has 1 rings (SSSR count). The summed E-state index contributed by atoms with van der Waals surface area (Å²) < 4.78 is 21.8. The average Bonchev–Trinajstić information content (AvgIpc) is 2.15. The largest absolute Gasteiger partial charge is 0.297 e. The molecule has 15 heavy (non-hydrogen) atoms. The highest BCUT2D eigenvalue weighted by Gasteiger charge is 2.10. The zero-order valence-electron chi connectivity index (χ0n) is 7.49. The Bertz CT molecular complexity index is 469. The minimum absolute atomic E-state index is 0.0498. The predicted molar refractivity (Wildman–Crippen MR) is 58.9 cm³/mol. The van der Waals surface area contributed by atoms with Gasteiger partial charge >= 0.3 is 0 Å².